The largest absolute Gasteiger partial charge is 0.478 e. The van der Waals surface area contributed by atoms with Crippen molar-refractivity contribution in [2.75, 3.05) is 34.3 Å². The van der Waals surface area contributed by atoms with E-state index in [1.807, 2.05) is 13.1 Å². The molecule has 0 aliphatic carbocycles. The van der Waals surface area contributed by atoms with Crippen LogP contribution in [0, 0.1) is 0 Å². The van der Waals surface area contributed by atoms with Crippen molar-refractivity contribution in [1.82, 2.24) is 15.2 Å². The topological polar surface area (TPSA) is 37.4 Å². The van der Waals surface area contributed by atoms with Crippen molar-refractivity contribution < 1.29 is 4.74 Å². The number of hydrogen-bond donors (Lipinski definition) is 1. The third-order valence-electron chi connectivity index (χ3n) is 3.01. The predicted octanol–water partition coefficient (Wildman–Crippen LogP) is 2.43. The number of hydrogen-bond acceptors (Lipinski definition) is 4. The van der Waals surface area contributed by atoms with Gasteiger partial charge in [0.2, 0.25) is 5.88 Å². The minimum atomic E-state index is 0.0332. The molecule has 1 heterocycles. The van der Waals surface area contributed by atoms with Crippen LogP contribution in [0.1, 0.15) is 38.4 Å². The van der Waals surface area contributed by atoms with E-state index in [0.717, 1.165) is 31.1 Å². The van der Waals surface area contributed by atoms with Gasteiger partial charge in [0.05, 0.1) is 12.3 Å². The molecule has 0 radical (unpaired) electrons. The van der Waals surface area contributed by atoms with E-state index in [0.29, 0.717) is 6.61 Å². The molecule has 1 rings (SSSR count). The van der Waals surface area contributed by atoms with Crippen LogP contribution in [0.25, 0.3) is 0 Å². The maximum Gasteiger partial charge on any atom is 0.213 e. The molecule has 20 heavy (non-hydrogen) atoms. The molecule has 0 spiro atoms. The van der Waals surface area contributed by atoms with Gasteiger partial charge in [-0.25, -0.2) is 4.98 Å². The van der Waals surface area contributed by atoms with Gasteiger partial charge in [-0.05, 0) is 39.2 Å². The maximum atomic E-state index is 5.81. The fourth-order valence-corrected chi connectivity index (χ4v) is 1.88. The Morgan fingerprint density at radius 2 is 1.95 bits per heavy atom. The Labute approximate surface area is 123 Å². The molecule has 1 aromatic heterocycles. The van der Waals surface area contributed by atoms with Gasteiger partial charge in [0, 0.05) is 24.6 Å². The molecule has 4 heteroatoms. The molecule has 4 nitrogen and oxygen atoms in total. The Morgan fingerprint density at radius 3 is 2.50 bits per heavy atom. The summed E-state index contributed by atoms with van der Waals surface area (Å²) in [7, 11) is 6.10. The van der Waals surface area contributed by atoms with Crippen LogP contribution < -0.4 is 10.1 Å². The van der Waals surface area contributed by atoms with Crippen LogP contribution in [0.3, 0.4) is 0 Å². The first-order chi connectivity index (χ1) is 9.32. The maximum absolute atomic E-state index is 5.81. The van der Waals surface area contributed by atoms with Gasteiger partial charge in [-0.3, -0.25) is 0 Å². The molecule has 114 valence electrons. The first-order valence-electron chi connectivity index (χ1n) is 7.26. The number of pyridine rings is 1. The molecule has 0 aromatic carbocycles. The molecule has 1 aromatic rings. The molecule has 0 bridgehead atoms. The highest BCUT2D eigenvalue weighted by Gasteiger charge is 2.17. The second kappa shape index (κ2) is 7.60. The molecule has 0 saturated heterocycles. The SMILES string of the molecule is CNCc1cc(OCCCN(C)C)nc(C(C)(C)C)c1. The molecule has 0 aliphatic rings. The Morgan fingerprint density at radius 1 is 1.25 bits per heavy atom. The zero-order valence-electron chi connectivity index (χ0n) is 13.8. The number of aromatic nitrogens is 1. The molecule has 1 N–H and O–H groups in total. The second-order valence-electron chi connectivity index (χ2n) is 6.48. The lowest BCUT2D eigenvalue weighted by Crippen LogP contribution is -2.18. The van der Waals surface area contributed by atoms with E-state index in [1.54, 1.807) is 0 Å². The summed E-state index contributed by atoms with van der Waals surface area (Å²) in [6, 6.07) is 4.19. The van der Waals surface area contributed by atoms with Crippen LogP contribution in [0.5, 0.6) is 5.88 Å². The van der Waals surface area contributed by atoms with E-state index in [1.165, 1.54) is 5.56 Å². The Balaban J connectivity index is 2.76. The quantitative estimate of drug-likeness (QED) is 0.778. The van der Waals surface area contributed by atoms with Gasteiger partial charge < -0.3 is 15.0 Å². The van der Waals surface area contributed by atoms with E-state index < -0.39 is 0 Å². The van der Waals surface area contributed by atoms with Crippen molar-refractivity contribution in [2.24, 2.45) is 0 Å². The van der Waals surface area contributed by atoms with E-state index >= 15 is 0 Å². The van der Waals surface area contributed by atoms with Gasteiger partial charge in [-0.1, -0.05) is 20.8 Å². The Hall–Kier alpha value is -1.13. The molecule has 0 amide bonds. The summed E-state index contributed by atoms with van der Waals surface area (Å²) in [4.78, 5) is 6.80. The summed E-state index contributed by atoms with van der Waals surface area (Å²) in [5.74, 6) is 0.737. The standard InChI is InChI=1S/C16H29N3O/c1-16(2,3)14-10-13(12-17-4)11-15(18-14)20-9-7-8-19(5)6/h10-11,17H,7-9,12H2,1-6H3. The zero-order chi connectivity index (χ0) is 15.2. The Kier molecular flexibility index (Phi) is 6.43. The van der Waals surface area contributed by atoms with Crippen LogP contribution in [-0.4, -0.2) is 44.2 Å². The van der Waals surface area contributed by atoms with Gasteiger partial charge in [-0.2, -0.15) is 0 Å². The average molecular weight is 279 g/mol. The van der Waals surface area contributed by atoms with Crippen molar-refractivity contribution in [3.8, 4) is 5.88 Å². The van der Waals surface area contributed by atoms with Crippen LogP contribution in [0.2, 0.25) is 0 Å². The third-order valence-corrected chi connectivity index (χ3v) is 3.01. The minimum Gasteiger partial charge on any atom is -0.478 e. The van der Waals surface area contributed by atoms with Crippen molar-refractivity contribution in [2.45, 2.75) is 39.2 Å². The smallest absolute Gasteiger partial charge is 0.213 e. The lowest BCUT2D eigenvalue weighted by molar-refractivity contribution is 0.271. The fraction of sp³-hybridized carbons (Fsp3) is 0.688. The van der Waals surface area contributed by atoms with Gasteiger partial charge in [0.15, 0.2) is 0 Å². The van der Waals surface area contributed by atoms with Gasteiger partial charge in [0.1, 0.15) is 0 Å². The minimum absolute atomic E-state index is 0.0332. The summed E-state index contributed by atoms with van der Waals surface area (Å²) in [6.45, 7) is 9.09. The summed E-state index contributed by atoms with van der Waals surface area (Å²) in [5, 5.41) is 3.18. The number of nitrogens with one attached hydrogen (secondary N) is 1. The molecule has 0 fully saturated rings. The lowest BCUT2D eigenvalue weighted by Gasteiger charge is -2.20. The fourth-order valence-electron chi connectivity index (χ4n) is 1.88. The van der Waals surface area contributed by atoms with Gasteiger partial charge in [0.25, 0.3) is 0 Å². The number of rotatable bonds is 7. The molecular formula is C16H29N3O. The summed E-state index contributed by atoms with van der Waals surface area (Å²) < 4.78 is 5.81. The number of ether oxygens (including phenoxy) is 1. The second-order valence-corrected chi connectivity index (χ2v) is 6.48. The van der Waals surface area contributed by atoms with Gasteiger partial charge in [-0.15, -0.1) is 0 Å². The molecule has 0 unspecified atom stereocenters. The molecule has 0 atom stereocenters. The van der Waals surface area contributed by atoms with Crippen molar-refractivity contribution in [3.63, 3.8) is 0 Å². The summed E-state index contributed by atoms with van der Waals surface area (Å²) in [5.41, 5.74) is 2.33. The highest BCUT2D eigenvalue weighted by molar-refractivity contribution is 5.28. The normalized spacial score (nSPS) is 11.9. The number of nitrogens with zero attached hydrogens (tertiary/aromatic N) is 2. The predicted molar refractivity (Wildman–Crippen MR) is 84.4 cm³/mol. The molecule has 0 aliphatic heterocycles. The average Bonchev–Trinajstić information content (AvgIpc) is 2.33. The van der Waals surface area contributed by atoms with Crippen molar-refractivity contribution in [1.29, 1.82) is 0 Å². The first-order valence-corrected chi connectivity index (χ1v) is 7.26. The van der Waals surface area contributed by atoms with E-state index in [9.17, 15) is 0 Å². The Bertz CT molecular complexity index is 411. The van der Waals surface area contributed by atoms with Crippen molar-refractivity contribution in [3.05, 3.63) is 23.4 Å². The third kappa shape index (κ3) is 5.88. The highest BCUT2D eigenvalue weighted by Crippen LogP contribution is 2.24. The molecular weight excluding hydrogens is 250 g/mol. The van der Waals surface area contributed by atoms with E-state index in [-0.39, 0.29) is 5.41 Å². The lowest BCUT2D eigenvalue weighted by atomic mass is 9.91. The van der Waals surface area contributed by atoms with Crippen LogP contribution >= 0.6 is 0 Å². The van der Waals surface area contributed by atoms with E-state index in [2.05, 4.69) is 56.1 Å². The monoisotopic (exact) mass is 279 g/mol. The van der Waals surface area contributed by atoms with Crippen LogP contribution in [0.15, 0.2) is 12.1 Å². The zero-order valence-corrected chi connectivity index (χ0v) is 13.8. The highest BCUT2D eigenvalue weighted by atomic mass is 16.5. The molecule has 0 saturated carbocycles. The van der Waals surface area contributed by atoms with Crippen molar-refractivity contribution >= 4 is 0 Å². The summed E-state index contributed by atoms with van der Waals surface area (Å²) in [6.07, 6.45) is 1.01. The van der Waals surface area contributed by atoms with Crippen LogP contribution in [-0.2, 0) is 12.0 Å². The first kappa shape index (κ1) is 16.9. The summed E-state index contributed by atoms with van der Waals surface area (Å²) >= 11 is 0. The van der Waals surface area contributed by atoms with E-state index in [4.69, 9.17) is 4.74 Å². The van der Waals surface area contributed by atoms with Gasteiger partial charge >= 0.3 is 0 Å². The van der Waals surface area contributed by atoms with Crippen LogP contribution in [0.4, 0.5) is 0 Å².